The second-order valence-corrected chi connectivity index (χ2v) is 2.68. The van der Waals surface area contributed by atoms with E-state index < -0.39 is 15.6 Å². The van der Waals surface area contributed by atoms with Gasteiger partial charge in [-0.15, -0.1) is 0 Å². The van der Waals surface area contributed by atoms with Gasteiger partial charge in [-0.25, -0.2) is 0 Å². The van der Waals surface area contributed by atoms with Crippen molar-refractivity contribution in [2.75, 3.05) is 0 Å². The number of halogens is 1. The number of hydrogen-bond donors (Lipinski definition) is 0. The zero-order chi connectivity index (χ0) is 9.00. The summed E-state index contributed by atoms with van der Waals surface area (Å²) in [4.78, 5) is 51.3. The van der Waals surface area contributed by atoms with Crippen molar-refractivity contribution in [3.63, 3.8) is 0 Å². The maximum absolute atomic E-state index is 8.55. The molecule has 0 saturated heterocycles. The fourth-order valence-electron chi connectivity index (χ4n) is 0. The SMILES string of the molecule is O=P([O-])([O-])[O-].O=P([O-])([O-])[O-].[F].[Li+].[V+5]. The van der Waals surface area contributed by atoms with Crippen LogP contribution in [0.3, 0.4) is 0 Å². The molecule has 0 aromatic rings. The molecule has 0 aromatic heterocycles. The summed E-state index contributed by atoms with van der Waals surface area (Å²) in [5, 5.41) is 0. The summed E-state index contributed by atoms with van der Waals surface area (Å²) < 4.78 is 17.1. The normalized spacial score (nSPS) is 9.08. The molecule has 0 amide bonds. The van der Waals surface area contributed by atoms with E-state index >= 15 is 0 Å². The van der Waals surface area contributed by atoms with Crippen molar-refractivity contribution in [1.29, 1.82) is 0 Å². The van der Waals surface area contributed by atoms with Crippen molar-refractivity contribution in [2.24, 2.45) is 0 Å². The van der Waals surface area contributed by atoms with Crippen LogP contribution in [0.15, 0.2) is 0 Å². The molecule has 0 heterocycles. The zero-order valence-corrected chi connectivity index (χ0v) is 9.17. The summed E-state index contributed by atoms with van der Waals surface area (Å²) in [7, 11) is -10.8. The third-order valence-corrected chi connectivity index (χ3v) is 0. The molecule has 0 aromatic carbocycles. The quantitative estimate of drug-likeness (QED) is 0.307. The predicted octanol–water partition coefficient (Wildman–Crippen LogP) is -8.23. The van der Waals surface area contributed by atoms with Crippen molar-refractivity contribution < 1.29 is 80.6 Å². The summed E-state index contributed by atoms with van der Waals surface area (Å²) in [6, 6.07) is 0. The number of hydrogen-bond acceptors (Lipinski definition) is 8. The van der Waals surface area contributed by atoms with Crippen LogP contribution in [0.1, 0.15) is 0 Å². The summed E-state index contributed by atoms with van der Waals surface area (Å²) in [6.07, 6.45) is 0. The van der Waals surface area contributed by atoms with E-state index in [9.17, 15) is 0 Å². The molecule has 0 bridgehead atoms. The molecule has 0 spiro atoms. The van der Waals surface area contributed by atoms with E-state index in [0.717, 1.165) is 0 Å². The van der Waals surface area contributed by atoms with Crippen molar-refractivity contribution in [3.8, 4) is 0 Å². The van der Waals surface area contributed by atoms with Gasteiger partial charge in [0.1, 0.15) is 0 Å². The van der Waals surface area contributed by atoms with Crippen LogP contribution < -0.4 is 48.2 Å². The third kappa shape index (κ3) is 965. The molecule has 0 unspecified atom stereocenters. The molecule has 0 aliphatic carbocycles. The van der Waals surface area contributed by atoms with Crippen LogP contribution in [0.4, 0.5) is 4.70 Å². The average Bonchev–Trinajstić information content (AvgIpc) is 1.12. The van der Waals surface area contributed by atoms with Gasteiger partial charge >= 0.3 is 37.4 Å². The van der Waals surface area contributed by atoms with E-state index in [1.807, 2.05) is 0 Å². The molecule has 0 N–H and O–H groups in total. The van der Waals surface area contributed by atoms with Gasteiger partial charge in [-0.3, -0.25) is 0 Å². The van der Waals surface area contributed by atoms with Crippen LogP contribution in [-0.2, 0) is 27.7 Å². The van der Waals surface area contributed by atoms with Crippen molar-refractivity contribution >= 4 is 15.6 Å². The second-order valence-electron chi connectivity index (χ2n) is 0.894. The topological polar surface area (TPSA) is 172 Å². The van der Waals surface area contributed by atoms with E-state index in [-0.39, 0.29) is 42.1 Å². The Bertz CT molecular complexity index is 134. The molecular weight excluding hydrogens is 267 g/mol. The third-order valence-electron chi connectivity index (χ3n) is 0. The van der Waals surface area contributed by atoms with E-state index in [2.05, 4.69) is 0 Å². The first-order valence-corrected chi connectivity index (χ1v) is 4.38. The first kappa shape index (κ1) is 29.3. The van der Waals surface area contributed by atoms with Crippen LogP contribution in [0.5, 0.6) is 0 Å². The Morgan fingerprint density at radius 1 is 0.692 bits per heavy atom. The summed E-state index contributed by atoms with van der Waals surface area (Å²) in [6.45, 7) is 0. The molecule has 13 heavy (non-hydrogen) atoms. The second kappa shape index (κ2) is 11.4. The van der Waals surface area contributed by atoms with Gasteiger partial charge in [0.05, 0.1) is 0 Å². The smallest absolute Gasteiger partial charge is 0.822 e. The first-order chi connectivity index (χ1) is 4.00. The van der Waals surface area contributed by atoms with Crippen LogP contribution in [-0.4, -0.2) is 0 Å². The van der Waals surface area contributed by atoms with Crippen LogP contribution >= 0.6 is 15.6 Å². The molecule has 13 heteroatoms. The maximum Gasteiger partial charge on any atom is 5.00 e. The minimum absolute atomic E-state index is 0. The van der Waals surface area contributed by atoms with Crippen molar-refractivity contribution in [1.82, 2.24) is 0 Å². The Labute approximate surface area is 96.3 Å². The average molecular weight is 267 g/mol. The molecule has 0 aliphatic heterocycles. The molecule has 1 radical (unpaired) electrons. The van der Waals surface area contributed by atoms with E-state index in [4.69, 9.17) is 38.5 Å². The molecule has 0 atom stereocenters. The Morgan fingerprint density at radius 3 is 0.692 bits per heavy atom. The van der Waals surface area contributed by atoms with Gasteiger partial charge in [-0.05, 0) is 0 Å². The Balaban J connectivity index is -0.0000000267. The molecule has 71 valence electrons. The molecule has 0 aliphatic rings. The van der Waals surface area contributed by atoms with Gasteiger partial charge in [-0.1, -0.05) is 0 Å². The largest absolute Gasteiger partial charge is 5.00 e. The van der Waals surface area contributed by atoms with Gasteiger partial charge < -0.3 is 38.5 Å². The Morgan fingerprint density at radius 2 is 0.692 bits per heavy atom. The van der Waals surface area contributed by atoms with E-state index in [1.54, 1.807) is 0 Å². The summed E-state index contributed by atoms with van der Waals surface area (Å²) >= 11 is 0. The van der Waals surface area contributed by atoms with Crippen molar-refractivity contribution in [2.45, 2.75) is 0 Å². The Kier molecular flexibility index (Phi) is 25.7. The predicted molar refractivity (Wildman–Crippen MR) is 16.3 cm³/mol. The monoisotopic (exact) mass is 267 g/mol. The van der Waals surface area contributed by atoms with E-state index in [1.165, 1.54) is 0 Å². The van der Waals surface area contributed by atoms with Gasteiger partial charge in [0.25, 0.3) is 0 Å². The molecule has 0 rings (SSSR count). The fourth-order valence-corrected chi connectivity index (χ4v) is 0. The zero-order valence-electron chi connectivity index (χ0n) is 5.99. The number of rotatable bonds is 0. The molecule has 8 nitrogen and oxygen atoms in total. The Hall–Kier alpha value is 1.33. The summed E-state index contributed by atoms with van der Waals surface area (Å²) in [5.41, 5.74) is 0. The number of phosphoric acid groups is 2. The van der Waals surface area contributed by atoms with Crippen LogP contribution in [0, 0.1) is 0 Å². The molecular formula is FLiO8P2V. The van der Waals surface area contributed by atoms with Gasteiger partial charge in [0.2, 0.25) is 0 Å². The van der Waals surface area contributed by atoms with Crippen LogP contribution in [0.2, 0.25) is 0 Å². The maximum atomic E-state index is 8.55. The first-order valence-electron chi connectivity index (χ1n) is 1.46. The minimum Gasteiger partial charge on any atom is -0.822 e. The van der Waals surface area contributed by atoms with E-state index in [0.29, 0.717) is 0 Å². The fraction of sp³-hybridized carbons (Fsp3) is 0. The standard InChI is InChI=1S/F.Li.2H3O4P.V/c;;2*1-5(2,3)4;/h;;2*(H3,1,2,3,4);/q;+1;;;+5/p-6. The van der Waals surface area contributed by atoms with Gasteiger partial charge in [-0.2, -0.15) is 15.6 Å². The summed E-state index contributed by atoms with van der Waals surface area (Å²) in [5.74, 6) is 0. The van der Waals surface area contributed by atoms with Gasteiger partial charge in [0.15, 0.2) is 0 Å². The minimum atomic E-state index is -5.39. The molecule has 0 fully saturated rings. The molecule has 0 saturated carbocycles. The van der Waals surface area contributed by atoms with Crippen LogP contribution in [0.25, 0.3) is 0 Å². The van der Waals surface area contributed by atoms with Crippen molar-refractivity contribution in [3.05, 3.63) is 0 Å². The van der Waals surface area contributed by atoms with Gasteiger partial charge in [0, 0.05) is 4.70 Å².